The van der Waals surface area contributed by atoms with Crippen LogP contribution in [0.4, 0.5) is 5.69 Å². The van der Waals surface area contributed by atoms with Gasteiger partial charge in [0.05, 0.1) is 4.90 Å². The first-order valence-electron chi connectivity index (χ1n) is 6.55. The van der Waals surface area contributed by atoms with Crippen LogP contribution in [0.5, 0.6) is 0 Å². The predicted molar refractivity (Wildman–Crippen MR) is 79.8 cm³/mol. The molecule has 0 spiro atoms. The zero-order chi connectivity index (χ0) is 14.1. The third-order valence-corrected chi connectivity index (χ3v) is 4.06. The van der Waals surface area contributed by atoms with E-state index < -0.39 is 10.0 Å². The molecule has 0 saturated carbocycles. The average Bonchev–Trinajstić information content (AvgIpc) is 2.42. The van der Waals surface area contributed by atoms with Crippen molar-refractivity contribution in [3.05, 3.63) is 36.4 Å². The first kappa shape index (κ1) is 15.7. The van der Waals surface area contributed by atoms with Crippen molar-refractivity contribution < 1.29 is 8.42 Å². The molecule has 1 rings (SSSR count). The highest BCUT2D eigenvalue weighted by Crippen LogP contribution is 2.13. The number of allylic oxidation sites excluding steroid dienone is 1. The van der Waals surface area contributed by atoms with E-state index in [-0.39, 0.29) is 0 Å². The van der Waals surface area contributed by atoms with Gasteiger partial charge in [0.1, 0.15) is 0 Å². The van der Waals surface area contributed by atoms with Crippen LogP contribution in [-0.2, 0) is 10.0 Å². The van der Waals surface area contributed by atoms with Gasteiger partial charge < -0.3 is 5.32 Å². The van der Waals surface area contributed by atoms with E-state index >= 15 is 0 Å². The topological polar surface area (TPSA) is 58.2 Å². The van der Waals surface area contributed by atoms with Gasteiger partial charge >= 0.3 is 0 Å². The third-order valence-electron chi connectivity index (χ3n) is 2.58. The minimum Gasteiger partial charge on any atom is -0.385 e. The van der Waals surface area contributed by atoms with E-state index in [4.69, 9.17) is 0 Å². The quantitative estimate of drug-likeness (QED) is 0.569. The standard InChI is InChI=1S/C14H22N2O2S/c1-3-5-6-12-15-13-7-9-14(10-8-13)19(17,18)16-11-4-2/h3,5,7-10,15-16H,4,6,11-12H2,1-2H3/b5-3+. The summed E-state index contributed by atoms with van der Waals surface area (Å²) in [5.74, 6) is 0. The summed E-state index contributed by atoms with van der Waals surface area (Å²) in [4.78, 5) is 0.306. The van der Waals surface area contributed by atoms with Crippen molar-refractivity contribution in [2.75, 3.05) is 18.4 Å². The van der Waals surface area contributed by atoms with Gasteiger partial charge in [0.2, 0.25) is 10.0 Å². The fraction of sp³-hybridized carbons (Fsp3) is 0.429. The lowest BCUT2D eigenvalue weighted by molar-refractivity contribution is 0.581. The van der Waals surface area contributed by atoms with Gasteiger partial charge in [-0.15, -0.1) is 0 Å². The molecule has 0 unspecified atom stereocenters. The zero-order valence-electron chi connectivity index (χ0n) is 11.5. The van der Waals surface area contributed by atoms with Crippen molar-refractivity contribution in [3.63, 3.8) is 0 Å². The Hall–Kier alpha value is -1.33. The third kappa shape index (κ3) is 5.44. The molecule has 4 nitrogen and oxygen atoms in total. The van der Waals surface area contributed by atoms with Crippen LogP contribution in [0.2, 0.25) is 0 Å². The number of benzene rings is 1. The van der Waals surface area contributed by atoms with Gasteiger partial charge in [-0.2, -0.15) is 0 Å². The van der Waals surface area contributed by atoms with Crippen LogP contribution in [0, 0.1) is 0 Å². The van der Waals surface area contributed by atoms with Crippen LogP contribution in [0.25, 0.3) is 0 Å². The van der Waals surface area contributed by atoms with Crippen molar-refractivity contribution >= 4 is 15.7 Å². The van der Waals surface area contributed by atoms with Gasteiger partial charge in [-0.1, -0.05) is 19.1 Å². The molecule has 0 aromatic heterocycles. The van der Waals surface area contributed by atoms with Crippen LogP contribution < -0.4 is 10.0 Å². The predicted octanol–water partition coefficient (Wildman–Crippen LogP) is 2.75. The highest BCUT2D eigenvalue weighted by Gasteiger charge is 2.12. The highest BCUT2D eigenvalue weighted by molar-refractivity contribution is 7.89. The number of rotatable bonds is 8. The van der Waals surface area contributed by atoms with E-state index in [0.717, 1.165) is 25.1 Å². The van der Waals surface area contributed by atoms with Crippen LogP contribution >= 0.6 is 0 Å². The van der Waals surface area contributed by atoms with Gasteiger partial charge in [-0.3, -0.25) is 0 Å². The Morgan fingerprint density at radius 2 is 1.84 bits per heavy atom. The summed E-state index contributed by atoms with van der Waals surface area (Å²) in [6.07, 6.45) is 5.83. The highest BCUT2D eigenvalue weighted by atomic mass is 32.2. The maximum atomic E-state index is 11.9. The maximum absolute atomic E-state index is 11.9. The lowest BCUT2D eigenvalue weighted by Gasteiger charge is -2.08. The lowest BCUT2D eigenvalue weighted by atomic mass is 10.3. The Labute approximate surface area is 116 Å². The van der Waals surface area contributed by atoms with E-state index in [2.05, 4.69) is 16.1 Å². The summed E-state index contributed by atoms with van der Waals surface area (Å²) in [5, 5.41) is 3.23. The molecule has 0 amide bonds. The van der Waals surface area contributed by atoms with E-state index in [9.17, 15) is 8.42 Å². The van der Waals surface area contributed by atoms with Crippen molar-refractivity contribution in [2.24, 2.45) is 0 Å². The zero-order valence-corrected chi connectivity index (χ0v) is 12.3. The SMILES string of the molecule is C/C=C/CCNc1ccc(S(=O)(=O)NCCC)cc1. The summed E-state index contributed by atoms with van der Waals surface area (Å²) in [6.45, 7) is 5.22. The second-order valence-corrected chi connectivity index (χ2v) is 5.97. The molecular weight excluding hydrogens is 260 g/mol. The number of hydrogen-bond acceptors (Lipinski definition) is 3. The molecule has 0 aliphatic rings. The molecule has 0 heterocycles. The maximum Gasteiger partial charge on any atom is 0.240 e. The summed E-state index contributed by atoms with van der Waals surface area (Å²) in [5.41, 5.74) is 0.930. The molecule has 0 aliphatic heterocycles. The van der Waals surface area contributed by atoms with Crippen molar-refractivity contribution in [3.8, 4) is 0 Å². The molecule has 5 heteroatoms. The molecule has 1 aromatic carbocycles. The van der Waals surface area contributed by atoms with Gasteiger partial charge in [0, 0.05) is 18.8 Å². The van der Waals surface area contributed by atoms with Gasteiger partial charge in [0.15, 0.2) is 0 Å². The Balaban J connectivity index is 2.60. The van der Waals surface area contributed by atoms with Crippen LogP contribution in [0.1, 0.15) is 26.7 Å². The Bertz CT molecular complexity index is 493. The average molecular weight is 282 g/mol. The molecule has 1 aromatic rings. The Morgan fingerprint density at radius 3 is 2.42 bits per heavy atom. The smallest absolute Gasteiger partial charge is 0.240 e. The lowest BCUT2D eigenvalue weighted by Crippen LogP contribution is -2.24. The summed E-state index contributed by atoms with van der Waals surface area (Å²) in [6, 6.07) is 6.82. The van der Waals surface area contributed by atoms with Crippen molar-refractivity contribution in [1.82, 2.24) is 4.72 Å². The summed E-state index contributed by atoms with van der Waals surface area (Å²) < 4.78 is 26.3. The fourth-order valence-corrected chi connectivity index (χ4v) is 2.67. The number of nitrogens with one attached hydrogen (secondary N) is 2. The van der Waals surface area contributed by atoms with Gasteiger partial charge in [-0.05, 0) is 44.0 Å². The summed E-state index contributed by atoms with van der Waals surface area (Å²) in [7, 11) is -3.36. The molecular formula is C14H22N2O2S. The normalized spacial score (nSPS) is 11.9. The van der Waals surface area contributed by atoms with Gasteiger partial charge in [0.25, 0.3) is 0 Å². The largest absolute Gasteiger partial charge is 0.385 e. The molecule has 0 radical (unpaired) electrons. The van der Waals surface area contributed by atoms with Crippen LogP contribution in [-0.4, -0.2) is 21.5 Å². The molecule has 19 heavy (non-hydrogen) atoms. The minimum atomic E-state index is -3.36. The molecule has 0 saturated heterocycles. The monoisotopic (exact) mass is 282 g/mol. The number of hydrogen-bond donors (Lipinski definition) is 2. The second-order valence-electron chi connectivity index (χ2n) is 4.21. The van der Waals surface area contributed by atoms with Crippen molar-refractivity contribution in [2.45, 2.75) is 31.6 Å². The van der Waals surface area contributed by atoms with E-state index in [0.29, 0.717) is 11.4 Å². The molecule has 2 N–H and O–H groups in total. The molecule has 0 aliphatic carbocycles. The minimum absolute atomic E-state index is 0.306. The van der Waals surface area contributed by atoms with E-state index in [1.807, 2.05) is 19.9 Å². The summed E-state index contributed by atoms with van der Waals surface area (Å²) >= 11 is 0. The molecule has 0 fully saturated rings. The molecule has 0 bridgehead atoms. The van der Waals surface area contributed by atoms with E-state index in [1.165, 1.54) is 0 Å². The Morgan fingerprint density at radius 1 is 1.16 bits per heavy atom. The first-order chi connectivity index (χ1) is 9.10. The molecule has 0 atom stereocenters. The molecule has 106 valence electrons. The fourth-order valence-electron chi connectivity index (χ4n) is 1.54. The number of sulfonamides is 1. The van der Waals surface area contributed by atoms with Gasteiger partial charge in [-0.25, -0.2) is 13.1 Å². The first-order valence-corrected chi connectivity index (χ1v) is 8.03. The Kier molecular flexibility index (Phi) is 6.59. The van der Waals surface area contributed by atoms with Crippen LogP contribution in [0.15, 0.2) is 41.3 Å². The van der Waals surface area contributed by atoms with E-state index in [1.54, 1.807) is 24.3 Å². The van der Waals surface area contributed by atoms with Crippen LogP contribution in [0.3, 0.4) is 0 Å². The second kappa shape index (κ2) is 7.96. The van der Waals surface area contributed by atoms with Crippen molar-refractivity contribution in [1.29, 1.82) is 0 Å². The number of anilines is 1.